The van der Waals surface area contributed by atoms with Gasteiger partial charge in [0.2, 0.25) is 0 Å². The number of methoxy groups -OCH3 is 2. The van der Waals surface area contributed by atoms with Crippen molar-refractivity contribution >= 4 is 0 Å². The monoisotopic (exact) mass is 272 g/mol. The van der Waals surface area contributed by atoms with Gasteiger partial charge < -0.3 is 14.6 Å². The van der Waals surface area contributed by atoms with E-state index in [2.05, 4.69) is 6.92 Å². The number of aliphatic hydroxyl groups excluding tert-OH is 1. The van der Waals surface area contributed by atoms with Gasteiger partial charge in [-0.2, -0.15) is 0 Å². The largest absolute Gasteiger partial charge is 0.392 e. The van der Waals surface area contributed by atoms with Crippen molar-refractivity contribution in [1.29, 1.82) is 0 Å². The van der Waals surface area contributed by atoms with Crippen LogP contribution < -0.4 is 0 Å². The Kier molecular flexibility index (Phi) is 8.67. The van der Waals surface area contributed by atoms with E-state index >= 15 is 0 Å². The summed E-state index contributed by atoms with van der Waals surface area (Å²) in [5, 5.41) is 10.7. The smallest absolute Gasteiger partial charge is 0.162 e. The van der Waals surface area contributed by atoms with Crippen LogP contribution >= 0.6 is 0 Å². The Morgan fingerprint density at radius 2 is 1.68 bits per heavy atom. The van der Waals surface area contributed by atoms with Gasteiger partial charge in [-0.25, -0.2) is 0 Å². The van der Waals surface area contributed by atoms with Crippen LogP contribution in [0.25, 0.3) is 0 Å². The van der Waals surface area contributed by atoms with Crippen molar-refractivity contribution in [3.8, 4) is 0 Å². The third-order valence-electron chi connectivity index (χ3n) is 4.53. The lowest BCUT2D eigenvalue weighted by Gasteiger charge is -2.35. The summed E-state index contributed by atoms with van der Waals surface area (Å²) in [6.45, 7) is 2.21. The van der Waals surface area contributed by atoms with Crippen LogP contribution in [0.15, 0.2) is 0 Å². The van der Waals surface area contributed by atoms with Crippen molar-refractivity contribution in [3.63, 3.8) is 0 Å². The van der Waals surface area contributed by atoms with Crippen molar-refractivity contribution < 1.29 is 14.6 Å². The van der Waals surface area contributed by atoms with E-state index in [1.165, 1.54) is 32.1 Å². The van der Waals surface area contributed by atoms with Crippen LogP contribution in [0.3, 0.4) is 0 Å². The van der Waals surface area contributed by atoms with Crippen molar-refractivity contribution in [2.45, 2.75) is 77.1 Å². The van der Waals surface area contributed by atoms with E-state index in [0.29, 0.717) is 5.92 Å². The molecule has 3 heteroatoms. The molecule has 0 amide bonds. The molecule has 0 unspecified atom stereocenters. The zero-order valence-corrected chi connectivity index (χ0v) is 12.9. The van der Waals surface area contributed by atoms with Gasteiger partial charge in [0.25, 0.3) is 0 Å². The number of hydrogen-bond donors (Lipinski definition) is 1. The molecule has 0 aromatic rings. The molecule has 1 aliphatic carbocycles. The predicted octanol–water partition coefficient (Wildman–Crippen LogP) is 3.74. The van der Waals surface area contributed by atoms with E-state index < -0.39 is 0 Å². The second kappa shape index (κ2) is 9.73. The van der Waals surface area contributed by atoms with Gasteiger partial charge in [0, 0.05) is 20.1 Å². The maximum absolute atomic E-state index is 10.7. The molecule has 0 aromatic heterocycles. The number of rotatable bonds is 9. The first-order valence-electron chi connectivity index (χ1n) is 7.98. The van der Waals surface area contributed by atoms with Crippen LogP contribution in [0.5, 0.6) is 0 Å². The van der Waals surface area contributed by atoms with Crippen molar-refractivity contribution in [2.24, 2.45) is 11.8 Å². The first-order valence-corrected chi connectivity index (χ1v) is 7.98. The molecule has 0 saturated heterocycles. The highest BCUT2D eigenvalue weighted by Crippen LogP contribution is 2.33. The normalized spacial score (nSPS) is 20.7. The van der Waals surface area contributed by atoms with Crippen LogP contribution in [-0.2, 0) is 9.47 Å². The highest BCUT2D eigenvalue weighted by Gasteiger charge is 2.34. The van der Waals surface area contributed by atoms with Crippen LogP contribution in [0.1, 0.15) is 64.7 Å². The highest BCUT2D eigenvalue weighted by atomic mass is 16.7. The third-order valence-corrected chi connectivity index (χ3v) is 4.53. The highest BCUT2D eigenvalue weighted by molar-refractivity contribution is 4.81. The maximum atomic E-state index is 10.7. The van der Waals surface area contributed by atoms with Crippen LogP contribution in [-0.4, -0.2) is 31.7 Å². The summed E-state index contributed by atoms with van der Waals surface area (Å²) < 4.78 is 10.8. The molecule has 1 saturated carbocycles. The molecule has 0 aromatic carbocycles. The Morgan fingerprint density at radius 3 is 2.21 bits per heavy atom. The quantitative estimate of drug-likeness (QED) is 0.513. The Hall–Kier alpha value is -0.120. The summed E-state index contributed by atoms with van der Waals surface area (Å²) >= 11 is 0. The number of ether oxygens (including phenoxy) is 2. The zero-order valence-electron chi connectivity index (χ0n) is 12.9. The van der Waals surface area contributed by atoms with Crippen molar-refractivity contribution in [2.75, 3.05) is 14.2 Å². The maximum Gasteiger partial charge on any atom is 0.162 e. The summed E-state index contributed by atoms with van der Waals surface area (Å²) in [5.74, 6) is 0.554. The molecule has 3 nitrogen and oxygen atoms in total. The second-order valence-electron chi connectivity index (χ2n) is 5.89. The molecule has 0 heterocycles. The molecule has 0 aliphatic heterocycles. The van der Waals surface area contributed by atoms with E-state index in [1.54, 1.807) is 14.2 Å². The van der Waals surface area contributed by atoms with Crippen LogP contribution in [0.2, 0.25) is 0 Å². The molecular weight excluding hydrogens is 240 g/mol. The Bertz CT molecular complexity index is 210. The molecule has 1 fully saturated rings. The van der Waals surface area contributed by atoms with Crippen molar-refractivity contribution in [3.05, 3.63) is 0 Å². The number of unbranched alkanes of at least 4 members (excludes halogenated alkanes) is 2. The van der Waals surface area contributed by atoms with Gasteiger partial charge in [-0.05, 0) is 25.2 Å². The molecule has 114 valence electrons. The van der Waals surface area contributed by atoms with E-state index in [-0.39, 0.29) is 18.3 Å². The molecule has 0 radical (unpaired) electrons. The van der Waals surface area contributed by atoms with E-state index in [4.69, 9.17) is 9.47 Å². The van der Waals surface area contributed by atoms with Gasteiger partial charge in [-0.15, -0.1) is 0 Å². The first-order chi connectivity index (χ1) is 9.24. The average Bonchev–Trinajstić information content (AvgIpc) is 2.47. The van der Waals surface area contributed by atoms with Crippen LogP contribution in [0, 0.1) is 11.8 Å². The lowest BCUT2D eigenvalue weighted by atomic mass is 9.78. The van der Waals surface area contributed by atoms with Gasteiger partial charge in [0.15, 0.2) is 6.29 Å². The van der Waals surface area contributed by atoms with E-state index in [9.17, 15) is 5.11 Å². The van der Waals surface area contributed by atoms with Gasteiger partial charge in [-0.3, -0.25) is 0 Å². The summed E-state index contributed by atoms with van der Waals surface area (Å²) in [6, 6.07) is 0. The lowest BCUT2D eigenvalue weighted by molar-refractivity contribution is -0.171. The molecule has 0 spiro atoms. The molecule has 1 N–H and O–H groups in total. The fourth-order valence-electron chi connectivity index (χ4n) is 3.37. The SMILES string of the molecule is CCCCC[C@@H](C(OC)OC)[C@@H](O)C1CCCCC1. The molecular formula is C16H32O3. The Balaban J connectivity index is 2.58. The molecule has 1 rings (SSSR count). The molecule has 1 aliphatic rings. The van der Waals surface area contributed by atoms with Gasteiger partial charge in [0.05, 0.1) is 6.10 Å². The van der Waals surface area contributed by atoms with Crippen LogP contribution in [0.4, 0.5) is 0 Å². The second-order valence-corrected chi connectivity index (χ2v) is 5.89. The molecule has 0 bridgehead atoms. The Labute approximate surface area is 118 Å². The van der Waals surface area contributed by atoms with Gasteiger partial charge in [-0.1, -0.05) is 45.4 Å². The standard InChI is InChI=1S/C16H32O3/c1-4-5-7-12-14(16(18-2)19-3)15(17)13-10-8-6-9-11-13/h13-17H,4-12H2,1-3H3/t14-,15+/m1/s1. The van der Waals surface area contributed by atoms with Gasteiger partial charge in [0.1, 0.15) is 0 Å². The lowest BCUT2D eigenvalue weighted by Crippen LogP contribution is -2.39. The zero-order chi connectivity index (χ0) is 14.1. The summed E-state index contributed by atoms with van der Waals surface area (Å²) in [6.07, 6.45) is 10.2. The molecule has 19 heavy (non-hydrogen) atoms. The minimum atomic E-state index is -0.276. The fraction of sp³-hybridized carbons (Fsp3) is 1.00. The van der Waals surface area contributed by atoms with Gasteiger partial charge >= 0.3 is 0 Å². The minimum Gasteiger partial charge on any atom is -0.392 e. The average molecular weight is 272 g/mol. The molecule has 2 atom stereocenters. The summed E-state index contributed by atoms with van der Waals surface area (Å²) in [7, 11) is 3.35. The number of hydrogen-bond acceptors (Lipinski definition) is 3. The summed E-state index contributed by atoms with van der Waals surface area (Å²) in [4.78, 5) is 0. The Morgan fingerprint density at radius 1 is 1.05 bits per heavy atom. The third kappa shape index (κ3) is 5.41. The minimum absolute atomic E-state index is 0.115. The van der Waals surface area contributed by atoms with E-state index in [1.807, 2.05) is 0 Å². The fourth-order valence-corrected chi connectivity index (χ4v) is 3.37. The first kappa shape index (κ1) is 16.9. The number of aliphatic hydroxyl groups is 1. The van der Waals surface area contributed by atoms with Crippen molar-refractivity contribution in [1.82, 2.24) is 0 Å². The topological polar surface area (TPSA) is 38.7 Å². The predicted molar refractivity (Wildman–Crippen MR) is 78.0 cm³/mol. The summed E-state index contributed by atoms with van der Waals surface area (Å²) in [5.41, 5.74) is 0. The van der Waals surface area contributed by atoms with E-state index in [0.717, 1.165) is 25.7 Å².